The van der Waals surface area contributed by atoms with Gasteiger partial charge in [0.15, 0.2) is 6.29 Å². The lowest BCUT2D eigenvalue weighted by Crippen LogP contribution is -2.09. The second kappa shape index (κ2) is 4.37. The summed E-state index contributed by atoms with van der Waals surface area (Å²) < 4.78 is 20.8. The third-order valence-corrected chi connectivity index (χ3v) is 3.64. The summed E-state index contributed by atoms with van der Waals surface area (Å²) >= 11 is 5.93. The van der Waals surface area contributed by atoms with Crippen LogP contribution in [0.4, 0.5) is 4.39 Å². The molecule has 5 heteroatoms. The Hall–Kier alpha value is -1.39. The van der Waals surface area contributed by atoms with E-state index in [1.807, 2.05) is 0 Å². The first-order chi connectivity index (χ1) is 8.72. The van der Waals surface area contributed by atoms with Crippen molar-refractivity contribution in [3.05, 3.63) is 34.7 Å². The molecule has 3 nitrogen and oxygen atoms in total. The van der Waals surface area contributed by atoms with Crippen LogP contribution in [0, 0.1) is 5.82 Å². The average molecular weight is 268 g/mol. The van der Waals surface area contributed by atoms with E-state index in [-0.39, 0.29) is 11.3 Å². The number of hydrogen-bond acceptors (Lipinski definition) is 2. The number of carbonyl (C=O) groups excluding carboxylic acids is 1. The number of halogens is 2. The Balaban J connectivity index is 2.28. The molecule has 0 aliphatic carbocycles. The molecule has 1 fully saturated rings. The van der Waals surface area contributed by atoms with Crippen LogP contribution in [0.1, 0.15) is 29.6 Å². The Morgan fingerprint density at radius 2 is 2.33 bits per heavy atom. The Morgan fingerprint density at radius 3 is 3.00 bits per heavy atom. The number of fused-ring (bicyclic) bond motifs is 1. The van der Waals surface area contributed by atoms with Gasteiger partial charge < -0.3 is 9.30 Å². The number of ether oxygens (including phenoxy) is 1. The molecule has 0 radical (unpaired) electrons. The zero-order valence-corrected chi connectivity index (χ0v) is 10.3. The van der Waals surface area contributed by atoms with E-state index in [1.165, 1.54) is 6.07 Å². The molecule has 0 N–H and O–H groups in total. The van der Waals surface area contributed by atoms with Crippen LogP contribution in [0.3, 0.4) is 0 Å². The van der Waals surface area contributed by atoms with Gasteiger partial charge in [0.25, 0.3) is 0 Å². The molecule has 1 aromatic heterocycles. The first kappa shape index (κ1) is 11.7. The Labute approximate surface area is 108 Å². The zero-order valence-electron chi connectivity index (χ0n) is 9.53. The minimum absolute atomic E-state index is 0.0485. The number of nitrogens with zero attached hydrogens (tertiary/aromatic N) is 1. The predicted molar refractivity (Wildman–Crippen MR) is 66.5 cm³/mol. The van der Waals surface area contributed by atoms with Gasteiger partial charge in [0.2, 0.25) is 0 Å². The fourth-order valence-corrected chi connectivity index (χ4v) is 2.65. The maximum Gasteiger partial charge on any atom is 0.166 e. The van der Waals surface area contributed by atoms with Gasteiger partial charge in [0.05, 0.1) is 16.2 Å². The smallest absolute Gasteiger partial charge is 0.166 e. The molecule has 0 spiro atoms. The molecule has 2 aromatic rings. The molecule has 1 aromatic carbocycles. The molecule has 0 saturated carbocycles. The van der Waals surface area contributed by atoms with E-state index < -0.39 is 5.82 Å². The number of aldehydes is 1. The summed E-state index contributed by atoms with van der Waals surface area (Å²) in [6.45, 7) is 0.678. The number of benzene rings is 1. The second-order valence-electron chi connectivity index (χ2n) is 4.32. The summed E-state index contributed by atoms with van der Waals surface area (Å²) in [6.07, 6.45) is 2.39. The molecule has 1 atom stereocenters. The van der Waals surface area contributed by atoms with Crippen molar-refractivity contribution in [2.75, 3.05) is 6.61 Å². The second-order valence-corrected chi connectivity index (χ2v) is 4.70. The highest BCUT2D eigenvalue weighted by Gasteiger charge is 2.23. The highest BCUT2D eigenvalue weighted by Crippen LogP contribution is 2.34. The van der Waals surface area contributed by atoms with Gasteiger partial charge in [-0.25, -0.2) is 4.39 Å². The summed E-state index contributed by atoms with van der Waals surface area (Å²) in [4.78, 5) is 11.1. The van der Waals surface area contributed by atoms with Crippen LogP contribution in [-0.4, -0.2) is 17.5 Å². The lowest BCUT2D eigenvalue weighted by atomic mass is 10.2. The van der Waals surface area contributed by atoms with E-state index in [0.29, 0.717) is 17.7 Å². The van der Waals surface area contributed by atoms with Crippen molar-refractivity contribution < 1.29 is 13.9 Å². The van der Waals surface area contributed by atoms with Crippen LogP contribution in [0.2, 0.25) is 5.02 Å². The van der Waals surface area contributed by atoms with Gasteiger partial charge in [-0.2, -0.15) is 0 Å². The normalized spacial score (nSPS) is 19.6. The quantitative estimate of drug-likeness (QED) is 0.779. The summed E-state index contributed by atoms with van der Waals surface area (Å²) in [7, 11) is 0. The van der Waals surface area contributed by atoms with Gasteiger partial charge >= 0.3 is 0 Å². The number of hydrogen-bond donors (Lipinski definition) is 0. The van der Waals surface area contributed by atoms with Crippen LogP contribution in [0.15, 0.2) is 18.2 Å². The number of aromatic nitrogens is 1. The number of carbonyl (C=O) groups is 1. The SMILES string of the molecule is O=Cc1cc2c(Cl)c(F)ccc2n1C1CCCO1. The van der Waals surface area contributed by atoms with Crippen molar-refractivity contribution in [2.24, 2.45) is 0 Å². The monoisotopic (exact) mass is 267 g/mol. The van der Waals surface area contributed by atoms with E-state index in [0.717, 1.165) is 24.6 Å². The summed E-state index contributed by atoms with van der Waals surface area (Å²) in [5.41, 5.74) is 1.19. The van der Waals surface area contributed by atoms with Crippen molar-refractivity contribution in [3.63, 3.8) is 0 Å². The molecular weight excluding hydrogens is 257 g/mol. The molecule has 0 amide bonds. The molecule has 1 unspecified atom stereocenters. The average Bonchev–Trinajstić information content (AvgIpc) is 3.00. The van der Waals surface area contributed by atoms with Crippen LogP contribution in [0.5, 0.6) is 0 Å². The van der Waals surface area contributed by atoms with Gasteiger partial charge in [-0.1, -0.05) is 11.6 Å². The summed E-state index contributed by atoms with van der Waals surface area (Å²) in [5.74, 6) is -0.480. The van der Waals surface area contributed by atoms with Crippen molar-refractivity contribution in [1.82, 2.24) is 4.57 Å². The molecule has 18 heavy (non-hydrogen) atoms. The maximum absolute atomic E-state index is 13.4. The maximum atomic E-state index is 13.4. The van der Waals surface area contributed by atoms with Crippen LogP contribution in [0.25, 0.3) is 10.9 Å². The van der Waals surface area contributed by atoms with E-state index in [1.54, 1.807) is 16.7 Å². The van der Waals surface area contributed by atoms with Gasteiger partial charge in [0.1, 0.15) is 12.0 Å². The molecule has 1 saturated heterocycles. The predicted octanol–water partition coefficient (Wildman–Crippen LogP) is 3.56. The van der Waals surface area contributed by atoms with Crippen molar-refractivity contribution in [3.8, 4) is 0 Å². The lowest BCUT2D eigenvalue weighted by molar-refractivity contribution is 0.0579. The fraction of sp³-hybridized carbons (Fsp3) is 0.308. The zero-order chi connectivity index (χ0) is 12.7. The van der Waals surface area contributed by atoms with E-state index in [2.05, 4.69) is 0 Å². The van der Waals surface area contributed by atoms with Gasteiger partial charge in [-0.05, 0) is 31.0 Å². The first-order valence-corrected chi connectivity index (χ1v) is 6.16. The molecular formula is C13H11ClFNO2. The minimum atomic E-state index is -0.480. The van der Waals surface area contributed by atoms with Gasteiger partial charge in [-0.15, -0.1) is 0 Å². The van der Waals surface area contributed by atoms with Crippen LogP contribution >= 0.6 is 11.6 Å². The third-order valence-electron chi connectivity index (χ3n) is 3.25. The van der Waals surface area contributed by atoms with Crippen molar-refractivity contribution in [1.29, 1.82) is 0 Å². The molecule has 3 rings (SSSR count). The largest absolute Gasteiger partial charge is 0.358 e. The molecule has 94 valence electrons. The summed E-state index contributed by atoms with van der Waals surface area (Å²) in [6, 6.07) is 4.55. The van der Waals surface area contributed by atoms with E-state index in [4.69, 9.17) is 16.3 Å². The van der Waals surface area contributed by atoms with Gasteiger partial charge in [-0.3, -0.25) is 4.79 Å². The lowest BCUT2D eigenvalue weighted by Gasteiger charge is -2.15. The Morgan fingerprint density at radius 1 is 1.50 bits per heavy atom. The standard InChI is InChI=1S/C13H11ClFNO2/c14-13-9-6-8(7-17)16(12-2-1-5-18-12)11(9)4-3-10(13)15/h3-4,6-7,12H,1-2,5H2. The van der Waals surface area contributed by atoms with E-state index >= 15 is 0 Å². The molecule has 1 aliphatic rings. The third kappa shape index (κ3) is 1.64. The van der Waals surface area contributed by atoms with E-state index in [9.17, 15) is 9.18 Å². The summed E-state index contributed by atoms with van der Waals surface area (Å²) in [5, 5.41) is 0.599. The number of rotatable bonds is 2. The molecule has 1 aliphatic heterocycles. The highest BCUT2D eigenvalue weighted by atomic mass is 35.5. The van der Waals surface area contributed by atoms with Gasteiger partial charge in [0, 0.05) is 12.0 Å². The highest BCUT2D eigenvalue weighted by molar-refractivity contribution is 6.35. The van der Waals surface area contributed by atoms with Crippen molar-refractivity contribution >= 4 is 28.8 Å². The van der Waals surface area contributed by atoms with Crippen LogP contribution < -0.4 is 0 Å². The van der Waals surface area contributed by atoms with Crippen LogP contribution in [-0.2, 0) is 4.74 Å². The minimum Gasteiger partial charge on any atom is -0.358 e. The fourth-order valence-electron chi connectivity index (χ4n) is 2.44. The molecule has 2 heterocycles. The topological polar surface area (TPSA) is 31.2 Å². The first-order valence-electron chi connectivity index (χ1n) is 5.78. The molecule has 0 bridgehead atoms. The van der Waals surface area contributed by atoms with Crippen molar-refractivity contribution in [2.45, 2.75) is 19.1 Å². The Bertz CT molecular complexity index is 617. The Kier molecular flexibility index (Phi) is 2.84.